The highest BCUT2D eigenvalue weighted by Gasteiger charge is 2.13. The Hall–Kier alpha value is -1.89. The summed E-state index contributed by atoms with van der Waals surface area (Å²) in [5.74, 6) is 0. The molecule has 2 N–H and O–H groups in total. The summed E-state index contributed by atoms with van der Waals surface area (Å²) in [4.78, 5) is 0.281. The Kier molecular flexibility index (Phi) is 4.14. The molecule has 0 aliphatic heterocycles. The average Bonchev–Trinajstić information content (AvgIpc) is 2.89. The van der Waals surface area contributed by atoms with Crippen molar-refractivity contribution in [3.05, 3.63) is 58.2 Å². The van der Waals surface area contributed by atoms with Gasteiger partial charge in [-0.25, -0.2) is 8.42 Å². The van der Waals surface area contributed by atoms with Crippen LogP contribution in [-0.2, 0) is 9.84 Å². The lowest BCUT2D eigenvalue weighted by molar-refractivity contribution is 0.602. The summed E-state index contributed by atoms with van der Waals surface area (Å²) in [5, 5.41) is 6.63. The van der Waals surface area contributed by atoms with Crippen molar-refractivity contribution in [2.45, 2.75) is 4.90 Å². The third-order valence-corrected chi connectivity index (χ3v) is 5.17. The zero-order chi connectivity index (χ0) is 16.6. The molecule has 3 aromatic rings. The van der Waals surface area contributed by atoms with Gasteiger partial charge in [0.05, 0.1) is 10.6 Å². The Morgan fingerprint density at radius 2 is 1.48 bits per heavy atom. The number of aromatic nitrogens is 2. The summed E-state index contributed by atoms with van der Waals surface area (Å²) in [6.07, 6.45) is 1.19. The van der Waals surface area contributed by atoms with E-state index in [9.17, 15) is 8.42 Å². The first-order valence-electron chi connectivity index (χ1n) is 6.73. The molecule has 2 aromatic carbocycles. The predicted molar refractivity (Wildman–Crippen MR) is 95.0 cm³/mol. The standard InChI is InChI=1S/C16H13ClN2O2S2/c1-23(20,21)13-8-4-11(5-9-13)15-14(16(22)19-18-15)10-2-6-12(17)7-3-10/h2-9H,1H3,(H2,18,19,22). The van der Waals surface area contributed by atoms with Crippen molar-refractivity contribution in [1.82, 2.24) is 10.2 Å². The van der Waals surface area contributed by atoms with Crippen LogP contribution >= 0.6 is 23.8 Å². The van der Waals surface area contributed by atoms with Gasteiger partial charge in [0.15, 0.2) is 9.84 Å². The van der Waals surface area contributed by atoms with Crippen LogP contribution in [0.4, 0.5) is 0 Å². The van der Waals surface area contributed by atoms with Gasteiger partial charge in [0, 0.05) is 22.4 Å². The van der Waals surface area contributed by atoms with Crippen LogP contribution in [0, 0.1) is 4.64 Å². The van der Waals surface area contributed by atoms with Gasteiger partial charge in [0.2, 0.25) is 0 Å². The first-order chi connectivity index (χ1) is 10.9. The molecule has 0 fully saturated rings. The monoisotopic (exact) mass is 364 g/mol. The van der Waals surface area contributed by atoms with E-state index in [4.69, 9.17) is 23.8 Å². The molecule has 0 aliphatic rings. The lowest BCUT2D eigenvalue weighted by atomic mass is 10.0. The second-order valence-electron chi connectivity index (χ2n) is 5.13. The maximum absolute atomic E-state index is 11.6. The molecule has 0 amide bonds. The molecule has 1 aromatic heterocycles. The van der Waals surface area contributed by atoms with Crippen molar-refractivity contribution in [3.63, 3.8) is 0 Å². The van der Waals surface area contributed by atoms with Crippen LogP contribution in [0.1, 0.15) is 0 Å². The highest BCUT2D eigenvalue weighted by atomic mass is 35.5. The van der Waals surface area contributed by atoms with Crippen LogP contribution in [0.3, 0.4) is 0 Å². The van der Waals surface area contributed by atoms with E-state index in [-0.39, 0.29) is 4.90 Å². The van der Waals surface area contributed by atoms with E-state index in [1.807, 2.05) is 12.1 Å². The van der Waals surface area contributed by atoms with Crippen molar-refractivity contribution >= 4 is 33.7 Å². The number of aromatic amines is 2. The molecule has 118 valence electrons. The third kappa shape index (κ3) is 3.24. The van der Waals surface area contributed by atoms with Gasteiger partial charge < -0.3 is 0 Å². The fourth-order valence-electron chi connectivity index (χ4n) is 2.34. The van der Waals surface area contributed by atoms with Crippen LogP contribution in [0.25, 0.3) is 22.4 Å². The summed E-state index contributed by atoms with van der Waals surface area (Å²) in [5.41, 5.74) is 3.43. The van der Waals surface area contributed by atoms with E-state index >= 15 is 0 Å². The number of H-pyrrole nitrogens is 2. The number of rotatable bonds is 3. The summed E-state index contributed by atoms with van der Waals surface area (Å²) < 4.78 is 23.7. The first kappa shape index (κ1) is 16.0. The Bertz CT molecular complexity index is 1000. The van der Waals surface area contributed by atoms with Gasteiger partial charge in [-0.15, -0.1) is 0 Å². The predicted octanol–water partition coefficient (Wildman–Crippen LogP) is 4.46. The minimum absolute atomic E-state index is 0.281. The number of nitrogens with one attached hydrogen (secondary N) is 2. The normalized spacial score (nSPS) is 11.6. The highest BCUT2D eigenvalue weighted by molar-refractivity contribution is 7.90. The molecular weight excluding hydrogens is 352 g/mol. The van der Waals surface area contributed by atoms with Gasteiger partial charge in [0.25, 0.3) is 0 Å². The molecule has 3 rings (SSSR count). The number of halogens is 1. The van der Waals surface area contributed by atoms with Gasteiger partial charge in [-0.05, 0) is 29.8 Å². The zero-order valence-corrected chi connectivity index (χ0v) is 14.5. The van der Waals surface area contributed by atoms with Gasteiger partial charge in [-0.2, -0.15) is 0 Å². The summed E-state index contributed by atoms with van der Waals surface area (Å²) in [6.45, 7) is 0. The minimum Gasteiger partial charge on any atom is -0.299 e. The molecule has 7 heteroatoms. The molecule has 0 saturated heterocycles. The quantitative estimate of drug-likeness (QED) is 0.674. The Morgan fingerprint density at radius 1 is 0.913 bits per heavy atom. The molecule has 0 unspecified atom stereocenters. The second kappa shape index (κ2) is 5.96. The van der Waals surface area contributed by atoms with E-state index in [0.29, 0.717) is 9.66 Å². The van der Waals surface area contributed by atoms with E-state index in [1.165, 1.54) is 6.26 Å². The molecule has 0 saturated carbocycles. The molecule has 0 bridgehead atoms. The van der Waals surface area contributed by atoms with Gasteiger partial charge in [-0.3, -0.25) is 10.2 Å². The van der Waals surface area contributed by atoms with Crippen molar-refractivity contribution in [3.8, 4) is 22.4 Å². The number of sulfone groups is 1. The van der Waals surface area contributed by atoms with Crippen LogP contribution in [-0.4, -0.2) is 24.9 Å². The molecule has 0 radical (unpaired) electrons. The molecular formula is C16H13ClN2O2S2. The van der Waals surface area contributed by atoms with Gasteiger partial charge in [0.1, 0.15) is 4.64 Å². The van der Waals surface area contributed by atoms with Crippen molar-refractivity contribution in [2.75, 3.05) is 6.26 Å². The van der Waals surface area contributed by atoms with Crippen molar-refractivity contribution in [2.24, 2.45) is 0 Å². The van der Waals surface area contributed by atoms with Crippen molar-refractivity contribution < 1.29 is 8.42 Å². The fraction of sp³-hybridized carbons (Fsp3) is 0.0625. The van der Waals surface area contributed by atoms with Gasteiger partial charge in [-0.1, -0.05) is 48.1 Å². The van der Waals surface area contributed by atoms with E-state index in [2.05, 4.69) is 10.2 Å². The highest BCUT2D eigenvalue weighted by Crippen LogP contribution is 2.32. The summed E-state index contributed by atoms with van der Waals surface area (Å²) in [6, 6.07) is 14.1. The largest absolute Gasteiger partial charge is 0.299 e. The maximum Gasteiger partial charge on any atom is 0.175 e. The van der Waals surface area contributed by atoms with E-state index < -0.39 is 9.84 Å². The molecule has 1 heterocycles. The molecule has 0 atom stereocenters. The smallest absolute Gasteiger partial charge is 0.175 e. The molecule has 0 aliphatic carbocycles. The van der Waals surface area contributed by atoms with Gasteiger partial charge >= 0.3 is 0 Å². The number of hydrogen-bond acceptors (Lipinski definition) is 3. The molecule has 23 heavy (non-hydrogen) atoms. The third-order valence-electron chi connectivity index (χ3n) is 3.48. The topological polar surface area (TPSA) is 65.7 Å². The van der Waals surface area contributed by atoms with E-state index in [0.717, 1.165) is 22.4 Å². The Morgan fingerprint density at radius 3 is 2.04 bits per heavy atom. The fourth-order valence-corrected chi connectivity index (χ4v) is 3.36. The second-order valence-corrected chi connectivity index (χ2v) is 7.99. The van der Waals surface area contributed by atoms with Crippen LogP contribution in [0.5, 0.6) is 0 Å². The maximum atomic E-state index is 11.6. The number of benzene rings is 2. The van der Waals surface area contributed by atoms with Crippen LogP contribution in [0.2, 0.25) is 5.02 Å². The molecule has 4 nitrogen and oxygen atoms in total. The molecule has 0 spiro atoms. The van der Waals surface area contributed by atoms with Crippen LogP contribution < -0.4 is 0 Å². The first-order valence-corrected chi connectivity index (χ1v) is 9.41. The Labute approximate surface area is 144 Å². The number of hydrogen-bond donors (Lipinski definition) is 2. The lowest BCUT2D eigenvalue weighted by Gasteiger charge is -2.05. The zero-order valence-electron chi connectivity index (χ0n) is 12.1. The average molecular weight is 365 g/mol. The SMILES string of the molecule is CS(=O)(=O)c1ccc(-c2[nH][nH]c(=S)c2-c2ccc(Cl)cc2)cc1. The minimum atomic E-state index is -3.22. The Balaban J connectivity index is 2.12. The van der Waals surface area contributed by atoms with E-state index in [1.54, 1.807) is 36.4 Å². The van der Waals surface area contributed by atoms with Crippen molar-refractivity contribution in [1.29, 1.82) is 0 Å². The summed E-state index contributed by atoms with van der Waals surface area (Å²) >= 11 is 11.3. The summed E-state index contributed by atoms with van der Waals surface area (Å²) in [7, 11) is -3.22. The lowest BCUT2D eigenvalue weighted by Crippen LogP contribution is -1.96. The van der Waals surface area contributed by atoms with Crippen LogP contribution in [0.15, 0.2) is 53.4 Å².